The quantitative estimate of drug-likeness (QED) is 0.157. The molecule has 0 saturated carbocycles. The fraction of sp³-hybridized carbons (Fsp3) is 0. The van der Waals surface area contributed by atoms with Crippen LogP contribution in [-0.4, -0.2) is 0 Å². The van der Waals surface area contributed by atoms with E-state index in [9.17, 15) is 0 Å². The van der Waals surface area contributed by atoms with Crippen molar-refractivity contribution >= 4 is 121 Å². The minimum absolute atomic E-state index is 0.860. The third-order valence-electron chi connectivity index (χ3n) is 12.2. The van der Waals surface area contributed by atoms with Gasteiger partial charge in [-0.15, -0.1) is 0 Å². The Bertz CT molecular complexity index is 3730. The summed E-state index contributed by atoms with van der Waals surface area (Å²) in [5.74, 6) is 0. The second kappa shape index (κ2) is 13.1. The molecule has 0 aliphatic carbocycles. The number of hydrogen-bond donors (Lipinski definition) is 0. The van der Waals surface area contributed by atoms with Crippen molar-refractivity contribution in [2.24, 2.45) is 0 Å². The molecule has 13 aromatic rings. The SMILES string of the molecule is c1ccc(N(c2ccc(N(c3ccc4oc5ccccc5c4c3)c3ccc4oc5ccccc5c4c3)cc2)c2ccc3c(c2)c2ccccc2c2c4ccccc4oc32)cc1. The van der Waals surface area contributed by atoms with Crippen molar-refractivity contribution in [1.29, 1.82) is 0 Å². The Kier molecular flexibility index (Phi) is 7.24. The fourth-order valence-electron chi connectivity index (χ4n) is 9.46. The number of anilines is 6. The summed E-state index contributed by atoms with van der Waals surface area (Å²) >= 11 is 0. The van der Waals surface area contributed by atoms with Crippen LogP contribution in [0.1, 0.15) is 0 Å². The van der Waals surface area contributed by atoms with E-state index in [0.29, 0.717) is 0 Å². The summed E-state index contributed by atoms with van der Waals surface area (Å²) in [7, 11) is 0. The fourth-order valence-corrected chi connectivity index (χ4v) is 9.46. The topological polar surface area (TPSA) is 45.9 Å². The molecule has 0 aliphatic rings. The summed E-state index contributed by atoms with van der Waals surface area (Å²) in [4.78, 5) is 4.65. The molecule has 10 aromatic carbocycles. The number of fused-ring (bicyclic) bond motifs is 14. The third-order valence-corrected chi connectivity index (χ3v) is 12.2. The Hall–Kier alpha value is -8.28. The van der Waals surface area contributed by atoms with E-state index in [1.165, 1.54) is 10.8 Å². The molecular weight excluding hydrogens is 749 g/mol. The normalized spacial score (nSPS) is 11.9. The lowest BCUT2D eigenvalue weighted by Gasteiger charge is -2.28. The molecule has 0 N–H and O–H groups in total. The minimum atomic E-state index is 0.860. The molecule has 61 heavy (non-hydrogen) atoms. The average molecular weight is 783 g/mol. The smallest absolute Gasteiger partial charge is 0.143 e. The van der Waals surface area contributed by atoms with E-state index in [2.05, 4.69) is 186 Å². The summed E-state index contributed by atoms with van der Waals surface area (Å²) in [5, 5.41) is 11.2. The summed E-state index contributed by atoms with van der Waals surface area (Å²) < 4.78 is 19.1. The highest BCUT2D eigenvalue weighted by molar-refractivity contribution is 6.30. The lowest BCUT2D eigenvalue weighted by molar-refractivity contribution is 0.668. The molecule has 0 unspecified atom stereocenters. The van der Waals surface area contributed by atoms with Crippen molar-refractivity contribution < 1.29 is 13.3 Å². The summed E-state index contributed by atoms with van der Waals surface area (Å²) in [6, 6.07) is 72.6. The highest BCUT2D eigenvalue weighted by Crippen LogP contribution is 2.46. The molecule has 13 rings (SSSR count). The zero-order chi connectivity index (χ0) is 40.0. The van der Waals surface area contributed by atoms with E-state index < -0.39 is 0 Å². The van der Waals surface area contributed by atoms with Gasteiger partial charge in [-0.25, -0.2) is 0 Å². The average Bonchev–Trinajstić information content (AvgIpc) is 4.02. The number of para-hydroxylation sites is 4. The molecule has 0 aliphatic heterocycles. The number of benzene rings is 10. The highest BCUT2D eigenvalue weighted by atomic mass is 16.3. The van der Waals surface area contributed by atoms with Crippen molar-refractivity contribution in [2.75, 3.05) is 9.80 Å². The van der Waals surface area contributed by atoms with Crippen molar-refractivity contribution in [3.63, 3.8) is 0 Å². The second-order valence-electron chi connectivity index (χ2n) is 15.7. The van der Waals surface area contributed by atoms with Crippen LogP contribution in [0.15, 0.2) is 220 Å². The van der Waals surface area contributed by atoms with E-state index in [0.717, 1.165) is 111 Å². The van der Waals surface area contributed by atoms with Crippen molar-refractivity contribution in [3.8, 4) is 0 Å². The number of hydrogen-bond acceptors (Lipinski definition) is 5. The van der Waals surface area contributed by atoms with Crippen LogP contribution in [-0.2, 0) is 0 Å². The molecule has 5 heteroatoms. The van der Waals surface area contributed by atoms with Gasteiger partial charge in [-0.1, -0.05) is 97.1 Å². The zero-order valence-electron chi connectivity index (χ0n) is 32.7. The molecule has 3 heterocycles. The van der Waals surface area contributed by atoms with E-state index >= 15 is 0 Å². The molecular formula is C56H34N2O3. The van der Waals surface area contributed by atoms with Gasteiger partial charge in [0.05, 0.1) is 0 Å². The van der Waals surface area contributed by atoms with Gasteiger partial charge in [0.15, 0.2) is 0 Å². The summed E-state index contributed by atoms with van der Waals surface area (Å²) in [5.41, 5.74) is 11.5. The van der Waals surface area contributed by atoms with Gasteiger partial charge in [-0.2, -0.15) is 0 Å². The molecule has 0 fully saturated rings. The largest absolute Gasteiger partial charge is 0.456 e. The molecule has 0 atom stereocenters. The number of rotatable bonds is 6. The summed E-state index contributed by atoms with van der Waals surface area (Å²) in [6.07, 6.45) is 0. The van der Waals surface area contributed by atoms with E-state index in [4.69, 9.17) is 13.3 Å². The molecule has 0 bridgehead atoms. The van der Waals surface area contributed by atoms with Gasteiger partial charge in [-0.05, 0) is 125 Å². The maximum absolute atomic E-state index is 6.60. The van der Waals surface area contributed by atoms with Crippen molar-refractivity contribution in [3.05, 3.63) is 206 Å². The second-order valence-corrected chi connectivity index (χ2v) is 15.7. The van der Waals surface area contributed by atoms with Gasteiger partial charge in [0.1, 0.15) is 33.5 Å². The Morgan fingerprint density at radius 1 is 0.230 bits per heavy atom. The lowest BCUT2D eigenvalue weighted by Crippen LogP contribution is -2.12. The van der Waals surface area contributed by atoms with Crippen LogP contribution in [0.5, 0.6) is 0 Å². The van der Waals surface area contributed by atoms with Gasteiger partial charge >= 0.3 is 0 Å². The van der Waals surface area contributed by atoms with Crippen LogP contribution < -0.4 is 9.80 Å². The molecule has 0 spiro atoms. The first kappa shape index (κ1) is 33.7. The van der Waals surface area contributed by atoms with Crippen LogP contribution >= 0.6 is 0 Å². The molecule has 0 radical (unpaired) electrons. The van der Waals surface area contributed by atoms with Crippen LogP contribution in [0.25, 0.3) is 87.4 Å². The molecule has 0 amide bonds. The van der Waals surface area contributed by atoms with Crippen molar-refractivity contribution in [1.82, 2.24) is 0 Å². The van der Waals surface area contributed by atoms with Gasteiger partial charge in [0.25, 0.3) is 0 Å². The summed E-state index contributed by atoms with van der Waals surface area (Å²) in [6.45, 7) is 0. The molecule has 0 saturated heterocycles. The molecule has 286 valence electrons. The minimum Gasteiger partial charge on any atom is -0.456 e. The Morgan fingerprint density at radius 2 is 0.623 bits per heavy atom. The monoisotopic (exact) mass is 782 g/mol. The lowest BCUT2D eigenvalue weighted by atomic mass is 9.96. The van der Waals surface area contributed by atoms with Crippen LogP contribution in [0.2, 0.25) is 0 Å². The Labute approximate surface area is 349 Å². The first-order valence-electron chi connectivity index (χ1n) is 20.6. The maximum atomic E-state index is 6.60. The zero-order valence-corrected chi connectivity index (χ0v) is 32.7. The molecule has 5 nitrogen and oxygen atoms in total. The predicted octanol–water partition coefficient (Wildman–Crippen LogP) is 16.6. The Morgan fingerprint density at radius 3 is 1.21 bits per heavy atom. The third kappa shape index (κ3) is 5.21. The van der Waals surface area contributed by atoms with Crippen molar-refractivity contribution in [2.45, 2.75) is 0 Å². The standard InChI is InChI=1S/C56H34N2O3/c1-2-12-35(13-3-1)57(38-26-29-45-47(32-38)41-14-4-5-17-44(41)55-46-18-8-11-21-52(46)61-56(45)55)36-22-24-37(25-23-36)58(39-27-30-53-48(33-39)42-15-6-9-19-50(42)59-53)40-28-31-54-49(34-40)43-16-7-10-20-51(43)60-54/h1-34H. The van der Waals surface area contributed by atoms with Crippen LogP contribution in [0, 0.1) is 0 Å². The highest BCUT2D eigenvalue weighted by Gasteiger charge is 2.21. The number of furan rings is 3. The maximum Gasteiger partial charge on any atom is 0.143 e. The van der Waals surface area contributed by atoms with Crippen LogP contribution in [0.4, 0.5) is 34.1 Å². The van der Waals surface area contributed by atoms with Gasteiger partial charge in [-0.3, -0.25) is 0 Å². The first-order valence-corrected chi connectivity index (χ1v) is 20.6. The van der Waals surface area contributed by atoms with E-state index in [-0.39, 0.29) is 0 Å². The van der Waals surface area contributed by atoms with Crippen LogP contribution in [0.3, 0.4) is 0 Å². The molecule has 3 aromatic heterocycles. The predicted molar refractivity (Wildman–Crippen MR) is 253 cm³/mol. The number of nitrogens with zero attached hydrogens (tertiary/aromatic N) is 2. The van der Waals surface area contributed by atoms with E-state index in [1.807, 2.05) is 30.3 Å². The Balaban J connectivity index is 0.983. The van der Waals surface area contributed by atoms with E-state index in [1.54, 1.807) is 0 Å². The first-order chi connectivity index (χ1) is 30.2. The van der Waals surface area contributed by atoms with Gasteiger partial charge in [0.2, 0.25) is 0 Å². The van der Waals surface area contributed by atoms with Gasteiger partial charge in [0, 0.05) is 71.8 Å². The van der Waals surface area contributed by atoms with Gasteiger partial charge < -0.3 is 23.1 Å².